The second-order valence-electron chi connectivity index (χ2n) is 11.6. The molecule has 0 saturated heterocycles. The molecule has 0 atom stereocenters. The van der Waals surface area contributed by atoms with E-state index >= 15 is 0 Å². The van der Waals surface area contributed by atoms with Crippen molar-refractivity contribution in [1.29, 1.82) is 0 Å². The first-order chi connectivity index (χ1) is 35.3. The van der Waals surface area contributed by atoms with Crippen LogP contribution in [-0.2, 0) is 0 Å². The summed E-state index contributed by atoms with van der Waals surface area (Å²) in [6.07, 6.45) is 0. The highest BCUT2D eigenvalue weighted by atomic mass is 15.3. The van der Waals surface area contributed by atoms with Gasteiger partial charge in [-0.1, -0.05) is 114 Å². The average molecular weight is 690 g/mol. The van der Waals surface area contributed by atoms with Gasteiger partial charge in [0.2, 0.25) is 11.9 Å². The third kappa shape index (κ3) is 4.09. The second kappa shape index (κ2) is 11.0. The van der Waals surface area contributed by atoms with Crippen LogP contribution < -0.4 is 0 Å². The van der Waals surface area contributed by atoms with Gasteiger partial charge in [0.1, 0.15) is 0 Å². The maximum atomic E-state index is 9.36. The Labute approximate surface area is 330 Å². The molecule has 4 heterocycles. The Bertz CT molecular complexity index is 4130. The highest BCUT2D eigenvalue weighted by Crippen LogP contribution is 2.38. The predicted octanol–water partition coefficient (Wildman–Crippen LogP) is 11.1. The van der Waals surface area contributed by atoms with Gasteiger partial charge in [0.25, 0.3) is 0 Å². The molecule has 0 unspecified atom stereocenters. The Kier molecular flexibility index (Phi) is 3.02. The van der Waals surface area contributed by atoms with E-state index in [0.29, 0.717) is 0 Å². The standard InChI is InChI=1S/C46H30N6/c1-29-26-27-43-36(28-29)34-18-6-12-24-41(34)52(43)46-48-44(47-45(49-46)51-39-22-10-4-16-32(39)33-17-5-11-23-40(33)51)35-19-7-13-25-42(35)50-37-20-8-2-14-30(37)31-15-3-9-21-38(31)50/h2-28H,1H3/i2D,3D,4D,5D,6D,8D,9D,10D,11D,12D,14D,15D,16D,17D,18D,20D,21D,22D,23D,24D,26D,27D,28D. The zero-order chi connectivity index (χ0) is 54.4. The van der Waals surface area contributed by atoms with Crippen LogP contribution in [0.25, 0.3) is 94.4 Å². The van der Waals surface area contributed by atoms with Gasteiger partial charge in [-0.15, -0.1) is 0 Å². The molecule has 0 aliphatic carbocycles. The van der Waals surface area contributed by atoms with Crippen molar-refractivity contribution in [1.82, 2.24) is 28.7 Å². The molecule has 11 rings (SSSR count). The van der Waals surface area contributed by atoms with Crippen molar-refractivity contribution in [2.45, 2.75) is 6.92 Å². The zero-order valence-corrected chi connectivity index (χ0v) is 26.5. The van der Waals surface area contributed by atoms with E-state index in [1.165, 1.54) is 35.8 Å². The Morgan fingerprint density at radius 1 is 0.423 bits per heavy atom. The van der Waals surface area contributed by atoms with Crippen LogP contribution in [0.5, 0.6) is 0 Å². The van der Waals surface area contributed by atoms with E-state index in [1.807, 2.05) is 0 Å². The zero-order valence-electron chi connectivity index (χ0n) is 49.5. The van der Waals surface area contributed by atoms with Gasteiger partial charge in [0.05, 0.1) is 70.3 Å². The van der Waals surface area contributed by atoms with Gasteiger partial charge in [-0.05, 0) is 61.4 Å². The number of rotatable bonds is 4. The van der Waals surface area contributed by atoms with Gasteiger partial charge in [-0.3, -0.25) is 9.13 Å². The predicted molar refractivity (Wildman–Crippen MR) is 213 cm³/mol. The first-order valence-corrected chi connectivity index (χ1v) is 15.7. The van der Waals surface area contributed by atoms with Crippen molar-refractivity contribution in [3.05, 3.63) is 169 Å². The molecule has 0 aliphatic heterocycles. The molecule has 244 valence electrons. The lowest BCUT2D eigenvalue weighted by atomic mass is 10.1. The molecule has 11 aromatic rings. The van der Waals surface area contributed by atoms with Crippen LogP contribution in [-0.4, -0.2) is 28.7 Å². The van der Waals surface area contributed by atoms with Crippen molar-refractivity contribution in [3.63, 3.8) is 0 Å². The molecule has 0 radical (unpaired) electrons. The van der Waals surface area contributed by atoms with Crippen LogP contribution >= 0.6 is 0 Å². The summed E-state index contributed by atoms with van der Waals surface area (Å²) in [6, 6.07) is -10.1. The average Bonchev–Trinajstić information content (AvgIpc) is 4.10. The Balaban J connectivity index is 1.41. The van der Waals surface area contributed by atoms with E-state index in [1.54, 1.807) is 0 Å². The van der Waals surface area contributed by atoms with E-state index < -0.39 is 173 Å². The number of hydrogen-bond acceptors (Lipinski definition) is 3. The number of benzene rings is 7. The maximum Gasteiger partial charge on any atom is 0.240 e. The minimum Gasteiger partial charge on any atom is -0.309 e. The molecule has 6 nitrogen and oxygen atoms in total. The Hall–Kier alpha value is -7.05. The summed E-state index contributed by atoms with van der Waals surface area (Å²) in [5, 5.41) is -1.82. The quantitative estimate of drug-likeness (QED) is 0.185. The highest BCUT2D eigenvalue weighted by Gasteiger charge is 2.22. The molecular weight excluding hydrogens is 637 g/mol. The summed E-state index contributed by atoms with van der Waals surface area (Å²) in [6.45, 7) is 1.38. The van der Waals surface area contributed by atoms with Gasteiger partial charge >= 0.3 is 0 Å². The van der Waals surface area contributed by atoms with Gasteiger partial charge in [-0.2, -0.15) is 15.0 Å². The molecule has 52 heavy (non-hydrogen) atoms. The summed E-state index contributed by atoms with van der Waals surface area (Å²) >= 11 is 0. The molecular formula is C46H30N6. The number of fused-ring (bicyclic) bond motifs is 9. The normalized spacial score (nSPS) is 18.1. The van der Waals surface area contributed by atoms with Crippen molar-refractivity contribution in [2.75, 3.05) is 0 Å². The van der Waals surface area contributed by atoms with Gasteiger partial charge in [-0.25, -0.2) is 0 Å². The number of nitrogens with zero attached hydrogens (tertiary/aromatic N) is 6. The SMILES string of the molecule is [2H]c1c([2H])c([2H])c2c(c1[2H])c1c([2H])c([2H])c([2H])c([2H])c1n2-c1nc(-c2ccccc2-n2c3c([2H])c([2H])c([2H])c([2H])c3c3c([2H])c([2H])c([2H])c([2H])c32)nc(-n2c3c([2H])c([2H])c([2H])c([2H])c3c3c([2H])c(C)c([2H])c([2H])c32)n1. The van der Waals surface area contributed by atoms with Gasteiger partial charge in [0, 0.05) is 37.9 Å². The molecule has 0 fully saturated rings. The Morgan fingerprint density at radius 3 is 1.33 bits per heavy atom. The summed E-state index contributed by atoms with van der Waals surface area (Å²) in [7, 11) is 0. The lowest BCUT2D eigenvalue weighted by Crippen LogP contribution is -2.11. The van der Waals surface area contributed by atoms with Gasteiger partial charge in [0.15, 0.2) is 5.82 Å². The second-order valence-corrected chi connectivity index (χ2v) is 11.6. The van der Waals surface area contributed by atoms with Crippen LogP contribution in [0.15, 0.2) is 163 Å². The minimum absolute atomic E-state index is 0.0272. The summed E-state index contributed by atoms with van der Waals surface area (Å²) in [5.41, 5.74) is -2.57. The van der Waals surface area contributed by atoms with E-state index in [-0.39, 0.29) is 65.7 Å². The fourth-order valence-corrected chi connectivity index (χ4v) is 6.62. The monoisotopic (exact) mass is 689 g/mol. The fourth-order valence-electron chi connectivity index (χ4n) is 6.62. The van der Waals surface area contributed by atoms with E-state index in [4.69, 9.17) is 36.9 Å². The minimum atomic E-state index is -0.800. The number of hydrogen-bond donors (Lipinski definition) is 0. The van der Waals surface area contributed by atoms with Crippen LogP contribution in [0.2, 0.25) is 0 Å². The maximum absolute atomic E-state index is 9.36. The molecule has 0 N–H and O–H groups in total. The molecule has 0 amide bonds. The van der Waals surface area contributed by atoms with Crippen LogP contribution in [0, 0.1) is 6.92 Å². The van der Waals surface area contributed by atoms with Crippen LogP contribution in [0.1, 0.15) is 37.1 Å². The van der Waals surface area contributed by atoms with Crippen molar-refractivity contribution in [3.8, 4) is 29.0 Å². The lowest BCUT2D eigenvalue weighted by Gasteiger charge is -2.16. The topological polar surface area (TPSA) is 53.5 Å². The van der Waals surface area contributed by atoms with Crippen LogP contribution in [0.3, 0.4) is 0 Å². The molecule has 0 aliphatic rings. The van der Waals surface area contributed by atoms with E-state index in [0.717, 1.165) is 9.13 Å². The fraction of sp³-hybridized carbons (Fsp3) is 0.0217. The highest BCUT2D eigenvalue weighted by molar-refractivity contribution is 6.11. The van der Waals surface area contributed by atoms with Gasteiger partial charge < -0.3 is 4.57 Å². The van der Waals surface area contributed by atoms with Crippen molar-refractivity contribution < 1.29 is 31.5 Å². The van der Waals surface area contributed by atoms with Crippen molar-refractivity contribution in [2.24, 2.45) is 0 Å². The lowest BCUT2D eigenvalue weighted by molar-refractivity contribution is 0.892. The van der Waals surface area contributed by atoms with E-state index in [2.05, 4.69) is 0 Å². The molecule has 0 spiro atoms. The van der Waals surface area contributed by atoms with E-state index in [9.17, 15) is 9.60 Å². The number of para-hydroxylation sites is 6. The third-order valence-electron chi connectivity index (χ3n) is 8.75. The molecule has 0 saturated carbocycles. The summed E-state index contributed by atoms with van der Waals surface area (Å²) < 4.78 is 209. The summed E-state index contributed by atoms with van der Waals surface area (Å²) in [4.78, 5) is 14.4. The first-order valence-electron chi connectivity index (χ1n) is 27.2. The largest absolute Gasteiger partial charge is 0.309 e. The summed E-state index contributed by atoms with van der Waals surface area (Å²) in [5.74, 6) is -1.79. The van der Waals surface area contributed by atoms with Crippen LogP contribution in [0.4, 0.5) is 0 Å². The molecule has 4 aromatic heterocycles. The smallest absolute Gasteiger partial charge is 0.240 e. The first kappa shape index (κ1) is 14.3. The molecule has 0 bridgehead atoms. The molecule has 7 aromatic carbocycles. The Morgan fingerprint density at radius 2 is 0.827 bits per heavy atom. The third-order valence-corrected chi connectivity index (χ3v) is 8.75. The number of aromatic nitrogens is 6. The molecule has 6 heteroatoms. The van der Waals surface area contributed by atoms with Crippen molar-refractivity contribution >= 4 is 65.4 Å².